The largest absolute Gasteiger partial charge is 0.305 e. The molecule has 18 rings (SSSR count). The van der Waals surface area contributed by atoms with E-state index in [1.165, 1.54) is 0 Å². The second-order valence-electron chi connectivity index (χ2n) is 22.9. The minimum atomic E-state index is 0.772. The van der Waals surface area contributed by atoms with Crippen molar-refractivity contribution in [1.29, 1.82) is 0 Å². The standard InChI is InChI=1S/C82H52N6/c1-5-22-53(23-6-1)57-39-43-74-66(48-57)67-49-58(54-24-7-2-8-25-54)40-44-75(67)85(74)79-78(61-30-21-47-83-52-61)80(86-76-45-41-59(55-26-9-3-10-27-55)50-68(76)69-51-60(42-46-77(69)86)56-28-11-4-12-29-56)82(88-72-37-19-15-33-64(72)65-34-16-20-38-73(65)88)84-81(79)87-70-35-17-13-31-62(70)63-32-14-18-36-71(63)87/h1-52H. The minimum Gasteiger partial charge on any atom is -0.305 e. The lowest BCUT2D eigenvalue weighted by atomic mass is 10.0. The van der Waals surface area contributed by atoms with Gasteiger partial charge in [0.15, 0.2) is 11.6 Å². The number of para-hydroxylation sites is 4. The molecule has 12 aromatic carbocycles. The van der Waals surface area contributed by atoms with Gasteiger partial charge in [0, 0.05) is 66.6 Å². The molecule has 0 bridgehead atoms. The van der Waals surface area contributed by atoms with Crippen LogP contribution in [0, 0.1) is 0 Å². The Labute approximate surface area is 507 Å². The molecule has 88 heavy (non-hydrogen) atoms. The molecule has 6 heterocycles. The zero-order chi connectivity index (χ0) is 57.8. The van der Waals surface area contributed by atoms with Gasteiger partial charge in [-0.3, -0.25) is 14.1 Å². The molecule has 0 radical (unpaired) electrons. The number of hydrogen-bond donors (Lipinski definition) is 0. The van der Waals surface area contributed by atoms with Gasteiger partial charge in [0.2, 0.25) is 0 Å². The molecule has 6 nitrogen and oxygen atoms in total. The van der Waals surface area contributed by atoms with E-state index in [2.05, 4.69) is 328 Å². The Bertz CT molecular complexity index is 5140. The number of benzene rings is 12. The Morgan fingerprint density at radius 1 is 0.205 bits per heavy atom. The van der Waals surface area contributed by atoms with Crippen molar-refractivity contribution in [3.8, 4) is 78.6 Å². The molecule has 0 atom stereocenters. The number of fused-ring (bicyclic) bond motifs is 12. The van der Waals surface area contributed by atoms with Gasteiger partial charge < -0.3 is 9.13 Å². The van der Waals surface area contributed by atoms with E-state index in [-0.39, 0.29) is 0 Å². The third-order valence-corrected chi connectivity index (χ3v) is 18.0. The van der Waals surface area contributed by atoms with Crippen molar-refractivity contribution < 1.29 is 0 Å². The highest BCUT2D eigenvalue weighted by atomic mass is 15.2. The first-order valence-electron chi connectivity index (χ1n) is 30.0. The smallest absolute Gasteiger partial charge is 0.165 e. The maximum Gasteiger partial charge on any atom is 0.165 e. The minimum absolute atomic E-state index is 0.772. The van der Waals surface area contributed by atoms with Gasteiger partial charge in [0.1, 0.15) is 11.4 Å². The second kappa shape index (κ2) is 19.9. The fourth-order valence-electron chi connectivity index (χ4n) is 14.1. The van der Waals surface area contributed by atoms with Crippen LogP contribution in [0.2, 0.25) is 0 Å². The van der Waals surface area contributed by atoms with E-state index in [9.17, 15) is 0 Å². The van der Waals surface area contributed by atoms with Crippen LogP contribution in [0.5, 0.6) is 0 Å². The molecule has 0 aliphatic carbocycles. The van der Waals surface area contributed by atoms with Crippen LogP contribution in [-0.2, 0) is 0 Å². The van der Waals surface area contributed by atoms with E-state index in [1.54, 1.807) is 0 Å². The van der Waals surface area contributed by atoms with Crippen molar-refractivity contribution in [2.75, 3.05) is 0 Å². The van der Waals surface area contributed by atoms with Crippen LogP contribution in [-0.4, -0.2) is 28.2 Å². The molecule has 0 spiro atoms. The predicted molar refractivity (Wildman–Crippen MR) is 367 cm³/mol. The monoisotopic (exact) mass is 1120 g/mol. The molecule has 0 amide bonds. The van der Waals surface area contributed by atoms with Crippen LogP contribution in [0.15, 0.2) is 316 Å². The first-order chi connectivity index (χ1) is 43.7. The molecule has 6 aromatic heterocycles. The second-order valence-corrected chi connectivity index (χ2v) is 22.9. The van der Waals surface area contributed by atoms with Crippen LogP contribution >= 0.6 is 0 Å². The summed E-state index contributed by atoms with van der Waals surface area (Å²) in [6.45, 7) is 0. The number of pyridine rings is 2. The van der Waals surface area contributed by atoms with Crippen LogP contribution < -0.4 is 0 Å². The van der Waals surface area contributed by atoms with E-state index in [1.807, 2.05) is 6.20 Å². The van der Waals surface area contributed by atoms with Gasteiger partial charge >= 0.3 is 0 Å². The van der Waals surface area contributed by atoms with Gasteiger partial charge in [-0.15, -0.1) is 0 Å². The zero-order valence-electron chi connectivity index (χ0n) is 47.7. The van der Waals surface area contributed by atoms with Crippen molar-refractivity contribution in [2.45, 2.75) is 0 Å². The number of rotatable bonds is 9. The van der Waals surface area contributed by atoms with Crippen LogP contribution in [0.3, 0.4) is 0 Å². The highest BCUT2D eigenvalue weighted by molar-refractivity contribution is 6.17. The van der Waals surface area contributed by atoms with Crippen LogP contribution in [0.1, 0.15) is 0 Å². The van der Waals surface area contributed by atoms with E-state index in [0.717, 1.165) is 166 Å². The molecule has 0 saturated carbocycles. The molecule has 410 valence electrons. The van der Waals surface area contributed by atoms with E-state index >= 15 is 0 Å². The van der Waals surface area contributed by atoms with Crippen molar-refractivity contribution in [1.82, 2.24) is 28.2 Å². The topological polar surface area (TPSA) is 45.5 Å². The van der Waals surface area contributed by atoms with E-state index < -0.39 is 0 Å². The van der Waals surface area contributed by atoms with Gasteiger partial charge in [0.25, 0.3) is 0 Å². The van der Waals surface area contributed by atoms with Gasteiger partial charge in [-0.2, -0.15) is 0 Å². The quantitative estimate of drug-likeness (QED) is 0.145. The van der Waals surface area contributed by atoms with Crippen LogP contribution in [0.4, 0.5) is 0 Å². The normalized spacial score (nSPS) is 11.9. The maximum absolute atomic E-state index is 6.51. The summed E-state index contributed by atoms with van der Waals surface area (Å²) in [5.41, 5.74) is 21.3. The molecular weight excluding hydrogens is 1070 g/mol. The van der Waals surface area contributed by atoms with Crippen molar-refractivity contribution >= 4 is 87.2 Å². The fraction of sp³-hybridized carbons (Fsp3) is 0. The van der Waals surface area contributed by atoms with Crippen molar-refractivity contribution in [3.63, 3.8) is 0 Å². The molecule has 0 unspecified atom stereocenters. The fourth-order valence-corrected chi connectivity index (χ4v) is 14.1. The summed E-state index contributed by atoms with van der Waals surface area (Å²) < 4.78 is 9.91. The SMILES string of the molecule is c1ccc(-c2ccc3c(c2)c2cc(-c4ccccc4)ccc2n3-c2c(-n3c4ccccc4c4ccccc43)nc(-n3c4ccccc4c4ccccc43)c(-n3c4ccc(-c5ccccc5)cc4c4cc(-c5ccccc5)ccc43)c2-c2cccnc2)cc1. The van der Waals surface area contributed by atoms with E-state index in [0.29, 0.717) is 0 Å². The molecule has 0 aliphatic rings. The lowest BCUT2D eigenvalue weighted by Gasteiger charge is -2.26. The Kier molecular flexibility index (Phi) is 11.2. The molecule has 6 heteroatoms. The first kappa shape index (κ1) is 49.6. The molecule has 0 fully saturated rings. The summed E-state index contributed by atoms with van der Waals surface area (Å²) >= 11 is 0. The average molecular weight is 1120 g/mol. The Morgan fingerprint density at radius 3 is 0.773 bits per heavy atom. The predicted octanol–water partition coefficient (Wildman–Crippen LogP) is 21.2. The van der Waals surface area contributed by atoms with Gasteiger partial charge in [0.05, 0.1) is 44.1 Å². The Morgan fingerprint density at radius 2 is 0.477 bits per heavy atom. The first-order valence-corrected chi connectivity index (χ1v) is 30.0. The van der Waals surface area contributed by atoms with Gasteiger partial charge in [-0.1, -0.05) is 224 Å². The summed E-state index contributed by atoms with van der Waals surface area (Å²) in [6.07, 6.45) is 3.94. The zero-order valence-corrected chi connectivity index (χ0v) is 47.7. The Hall–Kier alpha value is -11.9. The van der Waals surface area contributed by atoms with Gasteiger partial charge in [-0.05, 0) is 123 Å². The Balaban J connectivity index is 1.10. The highest BCUT2D eigenvalue weighted by Crippen LogP contribution is 2.50. The summed E-state index contributed by atoms with van der Waals surface area (Å²) in [5, 5.41) is 9.09. The third-order valence-electron chi connectivity index (χ3n) is 18.0. The van der Waals surface area contributed by atoms with E-state index in [4.69, 9.17) is 9.97 Å². The third kappa shape index (κ3) is 7.62. The summed E-state index contributed by atoms with van der Waals surface area (Å²) in [6, 6.07) is 111. The summed E-state index contributed by atoms with van der Waals surface area (Å²) in [4.78, 5) is 11.6. The number of nitrogens with zero attached hydrogens (tertiary/aromatic N) is 6. The maximum atomic E-state index is 6.51. The number of hydrogen-bond acceptors (Lipinski definition) is 2. The molecule has 18 aromatic rings. The lowest BCUT2D eigenvalue weighted by molar-refractivity contribution is 0.961. The molecule has 0 N–H and O–H groups in total. The molecule has 0 saturated heterocycles. The van der Waals surface area contributed by atoms with Crippen molar-refractivity contribution in [2.24, 2.45) is 0 Å². The number of aromatic nitrogens is 6. The van der Waals surface area contributed by atoms with Crippen molar-refractivity contribution in [3.05, 3.63) is 316 Å². The average Bonchev–Trinajstić information content (AvgIpc) is 1.51. The summed E-state index contributed by atoms with van der Waals surface area (Å²) in [5.74, 6) is 1.54. The molecule has 0 aliphatic heterocycles. The highest BCUT2D eigenvalue weighted by Gasteiger charge is 2.33. The molecular formula is C82H52N6. The van der Waals surface area contributed by atoms with Crippen LogP contribution in [0.25, 0.3) is 166 Å². The van der Waals surface area contributed by atoms with Gasteiger partial charge in [-0.25, -0.2) is 4.98 Å². The lowest BCUT2D eigenvalue weighted by Crippen LogP contribution is -2.16. The summed E-state index contributed by atoms with van der Waals surface area (Å²) in [7, 11) is 0.